The molecule has 0 saturated carbocycles. The van der Waals surface area contributed by atoms with Crippen molar-refractivity contribution in [1.82, 2.24) is 19.5 Å². The van der Waals surface area contributed by atoms with Crippen LogP contribution in [0.2, 0.25) is 0 Å². The predicted octanol–water partition coefficient (Wildman–Crippen LogP) is 1.90. The van der Waals surface area contributed by atoms with E-state index in [9.17, 15) is 14.4 Å². The molecule has 1 N–H and O–H groups in total. The van der Waals surface area contributed by atoms with Crippen molar-refractivity contribution in [3.63, 3.8) is 0 Å². The molecule has 9 nitrogen and oxygen atoms in total. The first-order chi connectivity index (χ1) is 15.9. The van der Waals surface area contributed by atoms with Crippen molar-refractivity contribution in [3.8, 4) is 0 Å². The van der Waals surface area contributed by atoms with Crippen LogP contribution in [-0.4, -0.2) is 64.1 Å². The van der Waals surface area contributed by atoms with Crippen LogP contribution in [0.3, 0.4) is 0 Å². The number of piperazine rings is 1. The molecule has 1 aliphatic heterocycles. The molecule has 0 spiro atoms. The zero-order valence-electron chi connectivity index (χ0n) is 18.8. The number of nitrogens with zero attached hydrogens (tertiary/aromatic N) is 4. The van der Waals surface area contributed by atoms with E-state index < -0.39 is 0 Å². The molecule has 1 saturated heterocycles. The van der Waals surface area contributed by atoms with Gasteiger partial charge in [0.05, 0.1) is 13.1 Å². The predicted molar refractivity (Wildman–Crippen MR) is 123 cm³/mol. The lowest BCUT2D eigenvalue weighted by Crippen LogP contribution is -2.51. The van der Waals surface area contributed by atoms with E-state index in [2.05, 4.69) is 10.5 Å². The minimum Gasteiger partial charge on any atom is -0.360 e. The second kappa shape index (κ2) is 9.83. The van der Waals surface area contributed by atoms with Gasteiger partial charge in [-0.2, -0.15) is 0 Å². The maximum atomic E-state index is 13.0. The van der Waals surface area contributed by atoms with Crippen LogP contribution >= 0.6 is 0 Å². The number of amides is 2. The molecule has 0 radical (unpaired) electrons. The first kappa shape index (κ1) is 22.5. The summed E-state index contributed by atoms with van der Waals surface area (Å²) in [6.07, 6.45) is 1.70. The molecule has 2 aromatic heterocycles. The van der Waals surface area contributed by atoms with E-state index in [0.717, 1.165) is 11.1 Å². The van der Waals surface area contributed by atoms with Gasteiger partial charge in [0, 0.05) is 38.4 Å². The fourth-order valence-electron chi connectivity index (χ4n) is 3.92. The highest BCUT2D eigenvalue weighted by molar-refractivity contribution is 5.94. The summed E-state index contributed by atoms with van der Waals surface area (Å²) in [6.45, 7) is 6.34. The monoisotopic (exact) mass is 449 g/mol. The van der Waals surface area contributed by atoms with Gasteiger partial charge in [0.1, 0.15) is 11.3 Å². The molecular weight excluding hydrogens is 422 g/mol. The molecule has 1 fully saturated rings. The lowest BCUT2D eigenvalue weighted by Gasteiger charge is -2.34. The van der Waals surface area contributed by atoms with Crippen molar-refractivity contribution < 1.29 is 14.1 Å². The first-order valence-electron chi connectivity index (χ1n) is 10.9. The maximum absolute atomic E-state index is 13.0. The third-order valence-electron chi connectivity index (χ3n) is 5.61. The van der Waals surface area contributed by atoms with Crippen molar-refractivity contribution in [1.29, 1.82) is 0 Å². The summed E-state index contributed by atoms with van der Waals surface area (Å²) in [5.41, 5.74) is 2.00. The highest BCUT2D eigenvalue weighted by Gasteiger charge is 2.25. The van der Waals surface area contributed by atoms with Crippen molar-refractivity contribution >= 4 is 17.6 Å². The van der Waals surface area contributed by atoms with Crippen LogP contribution < -0.4 is 10.9 Å². The first-order valence-corrected chi connectivity index (χ1v) is 10.9. The molecule has 4 rings (SSSR count). The topological polar surface area (TPSA) is 101 Å². The third-order valence-corrected chi connectivity index (χ3v) is 5.61. The minimum absolute atomic E-state index is 0.165. The van der Waals surface area contributed by atoms with E-state index in [0.29, 0.717) is 44.3 Å². The SMILES string of the molecule is Cc1cccc(Cn2cccc(C(=O)N3CCN(CC(=O)Nc4cc(C)on4)CC3)c2=O)c1. The fraction of sp³-hybridized carbons (Fsp3) is 0.333. The molecule has 0 atom stereocenters. The van der Waals surface area contributed by atoms with Crippen molar-refractivity contribution in [2.45, 2.75) is 20.4 Å². The quantitative estimate of drug-likeness (QED) is 0.617. The Bertz CT molecular complexity index is 1210. The Morgan fingerprint density at radius 1 is 1.06 bits per heavy atom. The maximum Gasteiger partial charge on any atom is 0.263 e. The number of carbonyl (C=O) groups excluding carboxylic acids is 2. The standard InChI is InChI=1S/C24H27N5O4/c1-17-5-3-6-19(13-17)15-29-8-4-7-20(24(29)32)23(31)28-11-9-27(10-12-28)16-22(30)25-21-14-18(2)33-26-21/h3-8,13-14H,9-12,15-16H2,1-2H3,(H,25,26,30). The van der Waals surface area contributed by atoms with E-state index in [1.165, 1.54) is 0 Å². The average molecular weight is 450 g/mol. The zero-order valence-corrected chi connectivity index (χ0v) is 18.8. The van der Waals surface area contributed by atoms with Gasteiger partial charge < -0.3 is 19.3 Å². The van der Waals surface area contributed by atoms with Gasteiger partial charge in [-0.3, -0.25) is 19.3 Å². The van der Waals surface area contributed by atoms with E-state index in [-0.39, 0.29) is 29.5 Å². The fourth-order valence-corrected chi connectivity index (χ4v) is 3.92. The van der Waals surface area contributed by atoms with E-state index in [1.807, 2.05) is 36.1 Å². The second-order valence-corrected chi connectivity index (χ2v) is 8.28. The summed E-state index contributed by atoms with van der Waals surface area (Å²) in [4.78, 5) is 41.9. The van der Waals surface area contributed by atoms with E-state index >= 15 is 0 Å². The van der Waals surface area contributed by atoms with Crippen LogP contribution in [0.4, 0.5) is 5.82 Å². The van der Waals surface area contributed by atoms with Gasteiger partial charge in [0.2, 0.25) is 5.91 Å². The highest BCUT2D eigenvalue weighted by atomic mass is 16.5. The molecule has 2 amide bonds. The molecule has 172 valence electrons. The molecule has 33 heavy (non-hydrogen) atoms. The van der Waals surface area contributed by atoms with Gasteiger partial charge in [0.15, 0.2) is 5.82 Å². The minimum atomic E-state index is -0.297. The lowest BCUT2D eigenvalue weighted by atomic mass is 10.1. The second-order valence-electron chi connectivity index (χ2n) is 8.28. The normalized spacial score (nSPS) is 14.3. The molecule has 1 aromatic carbocycles. The number of aromatic nitrogens is 2. The summed E-state index contributed by atoms with van der Waals surface area (Å²) in [5.74, 6) is 0.541. The lowest BCUT2D eigenvalue weighted by molar-refractivity contribution is -0.117. The molecule has 1 aliphatic rings. The van der Waals surface area contributed by atoms with E-state index in [1.54, 1.807) is 40.8 Å². The average Bonchev–Trinajstić information content (AvgIpc) is 3.19. The highest BCUT2D eigenvalue weighted by Crippen LogP contribution is 2.10. The van der Waals surface area contributed by atoms with Crippen LogP contribution in [0, 0.1) is 13.8 Å². The molecule has 3 heterocycles. The van der Waals surface area contributed by atoms with Gasteiger partial charge in [-0.05, 0) is 31.5 Å². The van der Waals surface area contributed by atoms with Crippen LogP contribution in [0.1, 0.15) is 27.2 Å². The molecule has 0 bridgehead atoms. The van der Waals surface area contributed by atoms with Crippen molar-refractivity contribution in [3.05, 3.63) is 81.5 Å². The number of benzene rings is 1. The van der Waals surface area contributed by atoms with Crippen LogP contribution in [0.15, 0.2) is 58.0 Å². The van der Waals surface area contributed by atoms with E-state index in [4.69, 9.17) is 4.52 Å². The summed E-state index contributed by atoms with van der Waals surface area (Å²) in [6, 6.07) is 12.9. The van der Waals surface area contributed by atoms with Gasteiger partial charge in [-0.25, -0.2) is 0 Å². The Morgan fingerprint density at radius 3 is 2.55 bits per heavy atom. The molecule has 9 heteroatoms. The summed E-state index contributed by atoms with van der Waals surface area (Å²) >= 11 is 0. The van der Waals surface area contributed by atoms with Crippen LogP contribution in [0.25, 0.3) is 0 Å². The number of carbonyl (C=O) groups is 2. The number of hydrogen-bond donors (Lipinski definition) is 1. The van der Waals surface area contributed by atoms with Gasteiger partial charge in [0.25, 0.3) is 11.5 Å². The Balaban J connectivity index is 1.34. The Kier molecular flexibility index (Phi) is 6.69. The Hall–Kier alpha value is -3.72. The van der Waals surface area contributed by atoms with Crippen molar-refractivity contribution in [2.24, 2.45) is 0 Å². The van der Waals surface area contributed by atoms with Gasteiger partial charge in [-0.1, -0.05) is 35.0 Å². The number of nitrogens with one attached hydrogen (secondary N) is 1. The molecular formula is C24H27N5O4. The summed E-state index contributed by atoms with van der Waals surface area (Å²) in [5, 5.41) is 6.45. The number of anilines is 1. The number of aryl methyl sites for hydroxylation is 2. The Labute approximate surface area is 191 Å². The Morgan fingerprint density at radius 2 is 1.85 bits per heavy atom. The molecule has 0 unspecified atom stereocenters. The summed E-state index contributed by atoms with van der Waals surface area (Å²) in [7, 11) is 0. The van der Waals surface area contributed by atoms with Crippen molar-refractivity contribution in [2.75, 3.05) is 38.0 Å². The molecule has 3 aromatic rings. The largest absolute Gasteiger partial charge is 0.360 e. The van der Waals surface area contributed by atoms with Gasteiger partial charge in [-0.15, -0.1) is 0 Å². The number of rotatable bonds is 6. The third kappa shape index (κ3) is 5.56. The number of hydrogen-bond acceptors (Lipinski definition) is 6. The van der Waals surface area contributed by atoms with Gasteiger partial charge >= 0.3 is 0 Å². The summed E-state index contributed by atoms with van der Waals surface area (Å²) < 4.78 is 6.51. The zero-order chi connectivity index (χ0) is 23.4. The van der Waals surface area contributed by atoms with Crippen LogP contribution in [-0.2, 0) is 11.3 Å². The van der Waals surface area contributed by atoms with Crippen LogP contribution in [0.5, 0.6) is 0 Å². The molecule has 0 aliphatic carbocycles. The number of pyridine rings is 1. The smallest absolute Gasteiger partial charge is 0.263 e.